The first-order valence-electron chi connectivity index (χ1n) is 11.2. The monoisotopic (exact) mass is 474 g/mol. The van der Waals surface area contributed by atoms with Crippen LogP contribution in [0.3, 0.4) is 0 Å². The lowest BCUT2D eigenvalue weighted by Crippen LogP contribution is -2.41. The van der Waals surface area contributed by atoms with Crippen LogP contribution in [-0.2, 0) is 4.79 Å². The minimum atomic E-state index is -0.145. The van der Waals surface area contributed by atoms with Crippen LogP contribution in [0.4, 0.5) is 0 Å². The van der Waals surface area contributed by atoms with E-state index in [0.717, 1.165) is 12.8 Å². The summed E-state index contributed by atoms with van der Waals surface area (Å²) in [5.41, 5.74) is 0.527. The Morgan fingerprint density at radius 1 is 1.03 bits per heavy atom. The highest BCUT2D eigenvalue weighted by Crippen LogP contribution is 2.27. The Hall–Kier alpha value is -2.93. The highest BCUT2D eigenvalue weighted by molar-refractivity contribution is 6.32. The molecule has 3 rings (SSSR count). The van der Waals surface area contributed by atoms with E-state index in [4.69, 9.17) is 25.8 Å². The minimum Gasteiger partial charge on any atom is -0.493 e. The molecule has 8 heteroatoms. The summed E-state index contributed by atoms with van der Waals surface area (Å²) in [6, 6.07) is 12.4. The molecular formula is C25H31ClN2O5. The van der Waals surface area contributed by atoms with E-state index in [-0.39, 0.29) is 11.8 Å². The molecule has 0 aliphatic carbocycles. The van der Waals surface area contributed by atoms with Gasteiger partial charge >= 0.3 is 0 Å². The van der Waals surface area contributed by atoms with E-state index >= 15 is 0 Å². The lowest BCUT2D eigenvalue weighted by molar-refractivity contribution is -0.132. The third kappa shape index (κ3) is 7.02. The second-order valence-electron chi connectivity index (χ2n) is 7.99. The van der Waals surface area contributed by atoms with Gasteiger partial charge in [0.2, 0.25) is 5.91 Å². The first-order chi connectivity index (χ1) is 16.0. The Balaban J connectivity index is 1.35. The van der Waals surface area contributed by atoms with Gasteiger partial charge in [-0.15, -0.1) is 0 Å². The first-order valence-corrected chi connectivity index (χ1v) is 11.5. The Morgan fingerprint density at radius 3 is 2.45 bits per heavy atom. The van der Waals surface area contributed by atoms with Crippen molar-refractivity contribution in [1.82, 2.24) is 10.2 Å². The summed E-state index contributed by atoms with van der Waals surface area (Å²) < 4.78 is 16.1. The van der Waals surface area contributed by atoms with Gasteiger partial charge in [-0.05, 0) is 55.5 Å². The van der Waals surface area contributed by atoms with Crippen molar-refractivity contribution in [3.8, 4) is 17.2 Å². The van der Waals surface area contributed by atoms with Gasteiger partial charge in [-0.25, -0.2) is 0 Å². The molecule has 0 unspecified atom stereocenters. The summed E-state index contributed by atoms with van der Waals surface area (Å²) in [4.78, 5) is 26.9. The van der Waals surface area contributed by atoms with Gasteiger partial charge in [0.15, 0.2) is 11.5 Å². The number of hydrogen-bond acceptors (Lipinski definition) is 5. The fraction of sp³-hybridized carbons (Fsp3) is 0.440. The van der Waals surface area contributed by atoms with Gasteiger partial charge in [0.1, 0.15) is 5.75 Å². The topological polar surface area (TPSA) is 77.1 Å². The molecule has 0 aromatic heterocycles. The summed E-state index contributed by atoms with van der Waals surface area (Å²) in [5, 5.41) is 3.57. The normalized spacial score (nSPS) is 14.0. The molecule has 0 bridgehead atoms. The standard InChI is InChI=1S/C25H31ClN2O5/c1-31-22-10-9-19(16-23(22)32-2)25(30)27-17-18-11-13-28(14-12-18)24(29)8-5-15-33-21-7-4-3-6-20(21)26/h3-4,6-7,9-10,16,18H,5,8,11-15,17H2,1-2H3,(H,27,30). The van der Waals surface area contributed by atoms with Crippen LogP contribution >= 0.6 is 11.6 Å². The van der Waals surface area contributed by atoms with E-state index in [1.165, 1.54) is 0 Å². The van der Waals surface area contributed by atoms with E-state index < -0.39 is 0 Å². The molecule has 2 aromatic rings. The molecule has 2 amide bonds. The van der Waals surface area contributed by atoms with Crippen molar-refractivity contribution >= 4 is 23.4 Å². The molecule has 178 valence electrons. The SMILES string of the molecule is COc1ccc(C(=O)NCC2CCN(C(=O)CCCOc3ccccc3Cl)CC2)cc1OC. The average molecular weight is 475 g/mol. The maximum absolute atomic E-state index is 12.5. The fourth-order valence-electron chi connectivity index (χ4n) is 3.83. The second-order valence-corrected chi connectivity index (χ2v) is 8.39. The number of carbonyl (C=O) groups excluding carboxylic acids is 2. The van der Waals surface area contributed by atoms with Crippen LogP contribution in [0.15, 0.2) is 42.5 Å². The number of halogens is 1. The van der Waals surface area contributed by atoms with Crippen LogP contribution in [0.1, 0.15) is 36.0 Å². The van der Waals surface area contributed by atoms with Crippen LogP contribution in [0, 0.1) is 5.92 Å². The summed E-state index contributed by atoms with van der Waals surface area (Å²) in [6.07, 6.45) is 2.83. The molecule has 1 heterocycles. The lowest BCUT2D eigenvalue weighted by atomic mass is 9.96. The summed E-state index contributed by atoms with van der Waals surface area (Å²) in [7, 11) is 3.10. The Bertz CT molecular complexity index is 944. The number of hydrogen-bond donors (Lipinski definition) is 1. The smallest absolute Gasteiger partial charge is 0.251 e. The van der Waals surface area contributed by atoms with Crippen molar-refractivity contribution in [1.29, 1.82) is 0 Å². The molecule has 1 fully saturated rings. The van der Waals surface area contributed by atoms with Crippen LogP contribution in [0.25, 0.3) is 0 Å². The summed E-state index contributed by atoms with van der Waals surface area (Å²) in [5.74, 6) is 2.10. The van der Waals surface area contributed by atoms with Crippen molar-refractivity contribution in [2.45, 2.75) is 25.7 Å². The number of nitrogens with zero attached hydrogens (tertiary/aromatic N) is 1. The van der Waals surface area contributed by atoms with Gasteiger partial charge in [-0.2, -0.15) is 0 Å². The molecule has 0 atom stereocenters. The fourth-order valence-corrected chi connectivity index (χ4v) is 4.02. The van der Waals surface area contributed by atoms with Crippen molar-refractivity contribution in [3.05, 3.63) is 53.1 Å². The zero-order valence-electron chi connectivity index (χ0n) is 19.1. The molecule has 0 saturated carbocycles. The number of ether oxygens (including phenoxy) is 3. The molecule has 0 spiro atoms. The largest absolute Gasteiger partial charge is 0.493 e. The highest BCUT2D eigenvalue weighted by Gasteiger charge is 2.23. The van der Waals surface area contributed by atoms with Crippen LogP contribution in [0.2, 0.25) is 5.02 Å². The van der Waals surface area contributed by atoms with Crippen molar-refractivity contribution < 1.29 is 23.8 Å². The van der Waals surface area contributed by atoms with Gasteiger partial charge in [-0.3, -0.25) is 9.59 Å². The van der Waals surface area contributed by atoms with Crippen molar-refractivity contribution in [2.75, 3.05) is 40.5 Å². The minimum absolute atomic E-state index is 0.144. The molecule has 1 aliphatic rings. The number of nitrogens with one attached hydrogen (secondary N) is 1. The zero-order chi connectivity index (χ0) is 23.6. The molecule has 2 aromatic carbocycles. The number of likely N-dealkylation sites (tertiary alicyclic amines) is 1. The number of amides is 2. The van der Waals surface area contributed by atoms with Gasteiger partial charge in [0.25, 0.3) is 5.91 Å². The quantitative estimate of drug-likeness (QED) is 0.522. The van der Waals surface area contributed by atoms with E-state index in [0.29, 0.717) is 72.8 Å². The second kappa shape index (κ2) is 12.3. The first kappa shape index (κ1) is 24.7. The van der Waals surface area contributed by atoms with E-state index in [2.05, 4.69) is 5.32 Å². The van der Waals surface area contributed by atoms with Gasteiger partial charge in [0, 0.05) is 31.6 Å². The number of rotatable bonds is 10. The number of piperidine rings is 1. The van der Waals surface area contributed by atoms with Crippen LogP contribution in [-0.4, -0.2) is 57.2 Å². The van der Waals surface area contributed by atoms with E-state index in [9.17, 15) is 9.59 Å². The van der Waals surface area contributed by atoms with Gasteiger partial charge < -0.3 is 24.4 Å². The molecule has 1 saturated heterocycles. The Morgan fingerprint density at radius 2 is 1.76 bits per heavy atom. The molecular weight excluding hydrogens is 444 g/mol. The highest BCUT2D eigenvalue weighted by atomic mass is 35.5. The van der Waals surface area contributed by atoms with Gasteiger partial charge in [0.05, 0.1) is 25.8 Å². The summed E-state index contributed by atoms with van der Waals surface area (Å²) >= 11 is 6.07. The number of benzene rings is 2. The van der Waals surface area contributed by atoms with Crippen molar-refractivity contribution in [2.24, 2.45) is 5.92 Å². The number of methoxy groups -OCH3 is 2. The predicted octanol–water partition coefficient (Wildman–Crippen LogP) is 4.18. The van der Waals surface area contributed by atoms with Crippen molar-refractivity contribution in [3.63, 3.8) is 0 Å². The molecule has 7 nitrogen and oxygen atoms in total. The molecule has 1 N–H and O–H groups in total. The van der Waals surface area contributed by atoms with Gasteiger partial charge in [-0.1, -0.05) is 23.7 Å². The van der Waals surface area contributed by atoms with Crippen LogP contribution < -0.4 is 19.5 Å². The third-order valence-corrected chi connectivity index (χ3v) is 6.11. The third-order valence-electron chi connectivity index (χ3n) is 5.79. The predicted molar refractivity (Wildman–Crippen MR) is 127 cm³/mol. The van der Waals surface area contributed by atoms with E-state index in [1.807, 2.05) is 23.1 Å². The summed E-state index contributed by atoms with van der Waals surface area (Å²) in [6.45, 7) is 2.46. The lowest BCUT2D eigenvalue weighted by Gasteiger charge is -2.32. The molecule has 1 aliphatic heterocycles. The Kier molecular flexibility index (Phi) is 9.24. The molecule has 33 heavy (non-hydrogen) atoms. The van der Waals surface area contributed by atoms with E-state index in [1.54, 1.807) is 38.5 Å². The molecule has 0 radical (unpaired) electrons. The maximum Gasteiger partial charge on any atom is 0.251 e. The zero-order valence-corrected chi connectivity index (χ0v) is 19.9. The number of para-hydroxylation sites is 1. The number of carbonyl (C=O) groups is 2. The van der Waals surface area contributed by atoms with Crippen LogP contribution in [0.5, 0.6) is 17.2 Å². The maximum atomic E-state index is 12.5. The Labute approximate surface area is 200 Å². The average Bonchev–Trinajstić information content (AvgIpc) is 2.85.